The molecule has 1 amide bonds. The molecule has 206 valence electrons. The number of aromatic nitrogens is 4. The molecule has 4 atom stereocenters. The van der Waals surface area contributed by atoms with Crippen LogP contribution in [-0.2, 0) is 4.74 Å². The van der Waals surface area contributed by atoms with Crippen LogP contribution in [0.15, 0.2) is 30.6 Å². The van der Waals surface area contributed by atoms with Gasteiger partial charge < -0.3 is 40.2 Å². The van der Waals surface area contributed by atoms with Crippen molar-refractivity contribution >= 4 is 23.1 Å². The number of aliphatic hydroxyl groups is 3. The molecule has 13 heteroatoms. The van der Waals surface area contributed by atoms with E-state index in [0.717, 1.165) is 12.8 Å². The van der Waals surface area contributed by atoms with E-state index >= 15 is 0 Å². The molecule has 0 saturated carbocycles. The molecule has 3 aromatic rings. The fraction of sp³-hybridized carbons (Fsp3) is 0.462. The molecule has 1 aromatic carbocycles. The number of carbonyl (C=O) groups is 1. The zero-order valence-corrected chi connectivity index (χ0v) is 21.3. The minimum atomic E-state index is -1.29. The van der Waals surface area contributed by atoms with Crippen LogP contribution >= 0.6 is 0 Å². The number of nitrogens with zero attached hydrogens (tertiary/aromatic N) is 5. The molecule has 2 aliphatic rings. The highest BCUT2D eigenvalue weighted by Gasteiger charge is 2.44. The van der Waals surface area contributed by atoms with E-state index in [-0.39, 0.29) is 17.7 Å². The highest BCUT2D eigenvalue weighted by Crippen LogP contribution is 2.32. The number of ether oxygens (including phenoxy) is 3. The van der Waals surface area contributed by atoms with Crippen molar-refractivity contribution in [2.45, 2.75) is 43.8 Å². The predicted molar refractivity (Wildman–Crippen MR) is 138 cm³/mol. The quantitative estimate of drug-likeness (QED) is 0.336. The van der Waals surface area contributed by atoms with Gasteiger partial charge in [-0.1, -0.05) is 5.92 Å². The zero-order chi connectivity index (χ0) is 27.5. The number of likely N-dealkylation sites (tertiary alicyclic amines) is 1. The van der Waals surface area contributed by atoms with Crippen molar-refractivity contribution in [2.75, 3.05) is 32.5 Å². The molecule has 13 nitrogen and oxygen atoms in total. The van der Waals surface area contributed by atoms with E-state index in [0.29, 0.717) is 48.1 Å². The van der Waals surface area contributed by atoms with Crippen LogP contribution in [0.3, 0.4) is 0 Å². The zero-order valence-electron chi connectivity index (χ0n) is 21.3. The Balaban J connectivity index is 1.19. The van der Waals surface area contributed by atoms with Gasteiger partial charge in [0.1, 0.15) is 35.3 Å². The monoisotopic (exact) mass is 538 g/mol. The van der Waals surface area contributed by atoms with E-state index in [1.165, 1.54) is 10.9 Å². The van der Waals surface area contributed by atoms with Crippen LogP contribution in [-0.4, -0.2) is 90.9 Å². The number of hydrogen-bond acceptors (Lipinski definition) is 11. The predicted octanol–water partition coefficient (Wildman–Crippen LogP) is 0.681. The summed E-state index contributed by atoms with van der Waals surface area (Å²) in [4.78, 5) is 27.1. The van der Waals surface area contributed by atoms with Crippen LogP contribution in [0.5, 0.6) is 11.5 Å². The number of carbonyl (C=O) groups excluding carboxylic acids is 1. The standard InChI is InChI=1S/C26H30N6O7/c1-37-16-5-7-17(8-6-16)38-26(36)31-11-9-15(10-12-31)3-2-4-19-29-23(27)20-24(30-19)32(14-28-20)25-22(35)21(34)18(13-33)39-25/h5-8,14-15,18,21-22,25,33-35H,3,9-13H2,1H3,(H2,27,29,30)/t18-,21?,22?,25-/m1/s1. The van der Waals surface area contributed by atoms with Gasteiger partial charge in [0.15, 0.2) is 17.7 Å². The molecule has 2 fully saturated rings. The van der Waals surface area contributed by atoms with E-state index in [4.69, 9.17) is 19.9 Å². The molecule has 2 aromatic heterocycles. The molecule has 5 rings (SSSR count). The van der Waals surface area contributed by atoms with E-state index in [2.05, 4.69) is 26.8 Å². The molecule has 2 saturated heterocycles. The van der Waals surface area contributed by atoms with Crippen molar-refractivity contribution < 1.29 is 34.3 Å². The summed E-state index contributed by atoms with van der Waals surface area (Å²) in [6.45, 7) is 0.693. The molecule has 5 N–H and O–H groups in total. The SMILES string of the molecule is COc1ccc(OC(=O)N2CCC(CC#Cc3nc(N)c4ncn([C@@H]5O[C@H](CO)C(O)C5O)c4n3)CC2)cc1. The third-order valence-corrected chi connectivity index (χ3v) is 6.97. The van der Waals surface area contributed by atoms with E-state index in [1.807, 2.05) is 0 Å². The molecule has 0 radical (unpaired) electrons. The first kappa shape index (κ1) is 26.6. The summed E-state index contributed by atoms with van der Waals surface area (Å²) in [5.74, 6) is 7.82. The van der Waals surface area contributed by atoms with Gasteiger partial charge in [0.2, 0.25) is 5.82 Å². The topological polar surface area (TPSA) is 178 Å². The molecule has 2 aliphatic heterocycles. The molecule has 39 heavy (non-hydrogen) atoms. The number of aliphatic hydroxyl groups excluding tert-OH is 3. The number of anilines is 1. The maximum absolute atomic E-state index is 12.5. The Bertz CT molecular complexity index is 1380. The lowest BCUT2D eigenvalue weighted by Gasteiger charge is -2.30. The van der Waals surface area contributed by atoms with Crippen LogP contribution in [0.25, 0.3) is 11.2 Å². The number of methoxy groups -OCH3 is 1. The Morgan fingerprint density at radius 3 is 2.54 bits per heavy atom. The average Bonchev–Trinajstić information content (AvgIpc) is 3.50. The van der Waals surface area contributed by atoms with Crippen molar-refractivity contribution in [1.82, 2.24) is 24.4 Å². The number of rotatable bonds is 5. The lowest BCUT2D eigenvalue weighted by Crippen LogP contribution is -2.40. The number of benzene rings is 1. The Morgan fingerprint density at radius 1 is 1.15 bits per heavy atom. The number of nitrogens with two attached hydrogens (primary N) is 1. The van der Waals surface area contributed by atoms with E-state index < -0.39 is 31.1 Å². The molecular formula is C26H30N6O7. The van der Waals surface area contributed by atoms with Crippen LogP contribution in [0.2, 0.25) is 0 Å². The van der Waals surface area contributed by atoms with Gasteiger partial charge in [-0.3, -0.25) is 4.57 Å². The Morgan fingerprint density at radius 2 is 1.87 bits per heavy atom. The summed E-state index contributed by atoms with van der Waals surface area (Å²) in [7, 11) is 1.58. The Kier molecular flexibility index (Phi) is 7.80. The van der Waals surface area contributed by atoms with Gasteiger partial charge in [-0.05, 0) is 48.9 Å². The number of hydrogen-bond donors (Lipinski definition) is 4. The lowest BCUT2D eigenvalue weighted by molar-refractivity contribution is -0.0511. The van der Waals surface area contributed by atoms with Crippen molar-refractivity contribution in [3.05, 3.63) is 36.4 Å². The molecule has 2 unspecified atom stereocenters. The van der Waals surface area contributed by atoms with E-state index in [1.54, 1.807) is 36.3 Å². The summed E-state index contributed by atoms with van der Waals surface area (Å²) in [5, 5.41) is 29.9. The highest BCUT2D eigenvalue weighted by molar-refractivity contribution is 5.82. The highest BCUT2D eigenvalue weighted by atomic mass is 16.6. The first-order valence-corrected chi connectivity index (χ1v) is 12.6. The second-order valence-electron chi connectivity index (χ2n) is 9.47. The maximum atomic E-state index is 12.5. The van der Waals surface area contributed by atoms with Crippen molar-refractivity contribution in [2.24, 2.45) is 5.92 Å². The van der Waals surface area contributed by atoms with Gasteiger partial charge in [0.25, 0.3) is 0 Å². The third-order valence-electron chi connectivity index (χ3n) is 6.97. The molecular weight excluding hydrogens is 508 g/mol. The Hall–Kier alpha value is -3.96. The lowest BCUT2D eigenvalue weighted by atomic mass is 9.94. The smallest absolute Gasteiger partial charge is 0.415 e. The number of fused-ring (bicyclic) bond motifs is 1. The van der Waals surface area contributed by atoms with Crippen LogP contribution < -0.4 is 15.2 Å². The summed E-state index contributed by atoms with van der Waals surface area (Å²) < 4.78 is 17.6. The molecule has 0 aliphatic carbocycles. The van der Waals surface area contributed by atoms with Gasteiger partial charge in [-0.2, -0.15) is 0 Å². The van der Waals surface area contributed by atoms with Crippen LogP contribution in [0, 0.1) is 17.8 Å². The van der Waals surface area contributed by atoms with Crippen LogP contribution in [0.1, 0.15) is 31.3 Å². The van der Waals surface area contributed by atoms with Crippen molar-refractivity contribution in [3.63, 3.8) is 0 Å². The fourth-order valence-electron chi connectivity index (χ4n) is 4.69. The van der Waals surface area contributed by atoms with Gasteiger partial charge in [-0.25, -0.2) is 19.7 Å². The minimum Gasteiger partial charge on any atom is -0.497 e. The number of nitrogen functional groups attached to an aromatic ring is 1. The Labute approximate surface area is 224 Å². The summed E-state index contributed by atoms with van der Waals surface area (Å²) in [6, 6.07) is 6.85. The largest absolute Gasteiger partial charge is 0.497 e. The van der Waals surface area contributed by atoms with Crippen LogP contribution in [0.4, 0.5) is 10.6 Å². The van der Waals surface area contributed by atoms with Gasteiger partial charge in [-0.15, -0.1) is 0 Å². The average molecular weight is 539 g/mol. The second kappa shape index (κ2) is 11.4. The number of piperidine rings is 1. The number of amides is 1. The summed E-state index contributed by atoms with van der Waals surface area (Å²) in [5.41, 5.74) is 6.68. The molecule has 4 heterocycles. The third kappa shape index (κ3) is 5.59. The maximum Gasteiger partial charge on any atom is 0.415 e. The summed E-state index contributed by atoms with van der Waals surface area (Å²) in [6.07, 6.45) is -1.31. The summed E-state index contributed by atoms with van der Waals surface area (Å²) >= 11 is 0. The van der Waals surface area contributed by atoms with E-state index in [9.17, 15) is 20.1 Å². The second-order valence-corrected chi connectivity index (χ2v) is 9.47. The first-order valence-electron chi connectivity index (χ1n) is 12.6. The molecule has 0 spiro atoms. The molecule has 0 bridgehead atoms. The van der Waals surface area contributed by atoms with Crippen molar-refractivity contribution in [3.8, 4) is 23.3 Å². The minimum absolute atomic E-state index is 0.124. The van der Waals surface area contributed by atoms with Gasteiger partial charge >= 0.3 is 6.09 Å². The van der Waals surface area contributed by atoms with Crippen molar-refractivity contribution in [1.29, 1.82) is 0 Å². The van der Waals surface area contributed by atoms with Gasteiger partial charge in [0.05, 0.1) is 20.0 Å². The fourth-order valence-corrected chi connectivity index (χ4v) is 4.69. The number of imidazole rings is 1. The van der Waals surface area contributed by atoms with Gasteiger partial charge in [0, 0.05) is 19.5 Å². The normalized spacial score (nSPS) is 23.4. The first-order chi connectivity index (χ1) is 18.9.